The van der Waals surface area contributed by atoms with Crippen LogP contribution in [0.2, 0.25) is 0 Å². The number of hydrogen-bond acceptors (Lipinski definition) is 5. The highest BCUT2D eigenvalue weighted by molar-refractivity contribution is 5.84. The Balaban J connectivity index is 1.91. The van der Waals surface area contributed by atoms with E-state index in [1.807, 2.05) is 31.2 Å². The molecule has 0 atom stereocenters. The van der Waals surface area contributed by atoms with E-state index in [0.717, 1.165) is 5.56 Å². The molecule has 0 N–H and O–H groups in total. The Hall–Kier alpha value is -4.00. The molecule has 2 aromatic carbocycles. The van der Waals surface area contributed by atoms with Crippen LogP contribution in [0.15, 0.2) is 57.7 Å². The summed E-state index contributed by atoms with van der Waals surface area (Å²) in [5.41, 5.74) is 3.48. The van der Waals surface area contributed by atoms with Gasteiger partial charge in [-0.05, 0) is 43.7 Å². The molecule has 0 amide bonds. The average Bonchev–Trinajstić information content (AvgIpc) is 3.11. The summed E-state index contributed by atoms with van der Waals surface area (Å²) >= 11 is 0. The first-order valence-electron chi connectivity index (χ1n) is 10.5. The lowest BCUT2D eigenvalue weighted by molar-refractivity contribution is 0.416. The number of oxazole rings is 1. The van der Waals surface area contributed by atoms with E-state index >= 15 is 0 Å². The average molecular weight is 445 g/mol. The van der Waals surface area contributed by atoms with Crippen LogP contribution >= 0.6 is 0 Å². The van der Waals surface area contributed by atoms with Crippen molar-refractivity contribution in [1.29, 1.82) is 0 Å². The topological polar surface area (TPSA) is 70.2 Å². The molecule has 0 saturated heterocycles. The quantitative estimate of drug-likeness (QED) is 0.409. The standard InChI is InChI=1S/C26H24FN3O3/c1-16-25(21-10-5-6-11-24(21)32-4)22(13-12-19-8-7-9-20(27)14-19)26(31)30(29-16)15-23-17(2)33-18(3)28-23/h5-14H,15H2,1-4H3. The number of benzene rings is 2. The Morgan fingerprint density at radius 1 is 1.09 bits per heavy atom. The maximum absolute atomic E-state index is 13.7. The van der Waals surface area contributed by atoms with Gasteiger partial charge in [0.05, 0.1) is 24.9 Å². The van der Waals surface area contributed by atoms with E-state index in [-0.39, 0.29) is 17.9 Å². The van der Waals surface area contributed by atoms with Crippen LogP contribution in [0.1, 0.15) is 34.2 Å². The third-order valence-electron chi connectivity index (χ3n) is 5.33. The monoisotopic (exact) mass is 445 g/mol. The highest BCUT2D eigenvalue weighted by Crippen LogP contribution is 2.33. The van der Waals surface area contributed by atoms with Gasteiger partial charge in [0, 0.05) is 18.1 Å². The Bertz CT molecular complexity index is 1400. The number of rotatable bonds is 6. The molecule has 168 valence electrons. The molecular formula is C26H24FN3O3. The van der Waals surface area contributed by atoms with E-state index in [1.165, 1.54) is 16.8 Å². The SMILES string of the molecule is COc1ccccc1-c1c(C)nn(Cc2nc(C)oc2C)c(=O)c1C=Cc1cccc(F)c1. The molecule has 33 heavy (non-hydrogen) atoms. The number of aryl methyl sites for hydroxylation is 3. The minimum absolute atomic E-state index is 0.176. The molecule has 0 aliphatic rings. The van der Waals surface area contributed by atoms with Crippen molar-refractivity contribution >= 4 is 12.2 Å². The number of para-hydroxylation sites is 1. The zero-order valence-corrected chi connectivity index (χ0v) is 18.9. The molecular weight excluding hydrogens is 421 g/mol. The smallest absolute Gasteiger partial charge is 0.275 e. The zero-order valence-electron chi connectivity index (χ0n) is 18.9. The molecule has 0 saturated carbocycles. The number of ether oxygens (including phenoxy) is 1. The van der Waals surface area contributed by atoms with Gasteiger partial charge in [-0.3, -0.25) is 4.79 Å². The summed E-state index contributed by atoms with van der Waals surface area (Å²) in [5.74, 6) is 1.46. The van der Waals surface area contributed by atoms with Gasteiger partial charge in [0.2, 0.25) is 0 Å². The van der Waals surface area contributed by atoms with Gasteiger partial charge in [0.15, 0.2) is 5.89 Å². The second-order valence-corrected chi connectivity index (χ2v) is 7.66. The molecule has 0 aliphatic heterocycles. The van der Waals surface area contributed by atoms with Crippen LogP contribution in [-0.4, -0.2) is 21.9 Å². The van der Waals surface area contributed by atoms with Crippen LogP contribution in [0, 0.1) is 26.6 Å². The van der Waals surface area contributed by atoms with Gasteiger partial charge in [-0.1, -0.05) is 36.4 Å². The first kappa shape index (κ1) is 22.2. The molecule has 0 unspecified atom stereocenters. The molecule has 2 heterocycles. The van der Waals surface area contributed by atoms with Crippen LogP contribution in [0.5, 0.6) is 5.75 Å². The Kier molecular flexibility index (Phi) is 6.22. The van der Waals surface area contributed by atoms with E-state index in [0.29, 0.717) is 45.5 Å². The molecule has 4 aromatic rings. The number of halogens is 1. The zero-order chi connectivity index (χ0) is 23.5. The van der Waals surface area contributed by atoms with Gasteiger partial charge in [-0.15, -0.1) is 0 Å². The lowest BCUT2D eigenvalue weighted by atomic mass is 9.97. The lowest BCUT2D eigenvalue weighted by Gasteiger charge is -2.15. The van der Waals surface area contributed by atoms with Gasteiger partial charge in [0.25, 0.3) is 5.56 Å². The van der Waals surface area contributed by atoms with Gasteiger partial charge in [-0.2, -0.15) is 5.10 Å². The fourth-order valence-corrected chi connectivity index (χ4v) is 3.82. The van der Waals surface area contributed by atoms with Crippen molar-refractivity contribution in [3.8, 4) is 16.9 Å². The van der Waals surface area contributed by atoms with Crippen molar-refractivity contribution in [3.63, 3.8) is 0 Å². The van der Waals surface area contributed by atoms with Crippen molar-refractivity contribution in [2.24, 2.45) is 0 Å². The summed E-state index contributed by atoms with van der Waals surface area (Å²) in [5, 5.41) is 4.57. The molecule has 2 aromatic heterocycles. The maximum Gasteiger partial charge on any atom is 0.275 e. The first-order chi connectivity index (χ1) is 15.9. The lowest BCUT2D eigenvalue weighted by Crippen LogP contribution is -2.27. The van der Waals surface area contributed by atoms with Gasteiger partial charge in [-0.25, -0.2) is 14.1 Å². The Labute approximate surface area is 191 Å². The molecule has 4 rings (SSSR count). The fourth-order valence-electron chi connectivity index (χ4n) is 3.82. The number of nitrogens with zero attached hydrogens (tertiary/aromatic N) is 3. The Morgan fingerprint density at radius 2 is 1.88 bits per heavy atom. The normalized spacial score (nSPS) is 11.3. The van der Waals surface area contributed by atoms with Crippen LogP contribution in [-0.2, 0) is 6.54 Å². The van der Waals surface area contributed by atoms with Gasteiger partial charge < -0.3 is 9.15 Å². The summed E-state index contributed by atoms with van der Waals surface area (Å²) in [6.07, 6.45) is 3.42. The van der Waals surface area contributed by atoms with E-state index in [2.05, 4.69) is 10.1 Å². The van der Waals surface area contributed by atoms with E-state index in [1.54, 1.807) is 45.2 Å². The van der Waals surface area contributed by atoms with Crippen molar-refractivity contribution < 1.29 is 13.5 Å². The molecule has 0 aliphatic carbocycles. The molecule has 0 bridgehead atoms. The van der Waals surface area contributed by atoms with Crippen molar-refractivity contribution in [1.82, 2.24) is 14.8 Å². The number of methoxy groups -OCH3 is 1. The van der Waals surface area contributed by atoms with Crippen LogP contribution in [0.3, 0.4) is 0 Å². The molecule has 6 nitrogen and oxygen atoms in total. The summed E-state index contributed by atoms with van der Waals surface area (Å²) in [4.78, 5) is 18.0. The van der Waals surface area contributed by atoms with Crippen molar-refractivity contribution in [3.05, 3.63) is 98.9 Å². The van der Waals surface area contributed by atoms with Gasteiger partial charge >= 0.3 is 0 Å². The van der Waals surface area contributed by atoms with Crippen LogP contribution in [0.4, 0.5) is 4.39 Å². The van der Waals surface area contributed by atoms with Crippen LogP contribution < -0.4 is 10.3 Å². The number of aromatic nitrogens is 3. The summed E-state index contributed by atoms with van der Waals surface area (Å²) in [6, 6.07) is 13.7. The minimum Gasteiger partial charge on any atom is -0.496 e. The molecule has 0 spiro atoms. The molecule has 0 fully saturated rings. The molecule has 7 heteroatoms. The highest BCUT2D eigenvalue weighted by atomic mass is 19.1. The summed E-state index contributed by atoms with van der Waals surface area (Å²) in [7, 11) is 1.58. The van der Waals surface area contributed by atoms with Crippen LogP contribution in [0.25, 0.3) is 23.3 Å². The van der Waals surface area contributed by atoms with Gasteiger partial charge in [0.1, 0.15) is 23.0 Å². The second-order valence-electron chi connectivity index (χ2n) is 7.66. The first-order valence-corrected chi connectivity index (χ1v) is 10.5. The summed E-state index contributed by atoms with van der Waals surface area (Å²) in [6.45, 7) is 5.59. The van der Waals surface area contributed by atoms with E-state index in [4.69, 9.17) is 9.15 Å². The largest absolute Gasteiger partial charge is 0.496 e. The third-order valence-corrected chi connectivity index (χ3v) is 5.33. The molecule has 0 radical (unpaired) electrons. The minimum atomic E-state index is -0.345. The maximum atomic E-state index is 13.7. The van der Waals surface area contributed by atoms with E-state index in [9.17, 15) is 9.18 Å². The second kappa shape index (κ2) is 9.24. The summed E-state index contributed by atoms with van der Waals surface area (Å²) < 4.78 is 26.1. The Morgan fingerprint density at radius 3 is 2.58 bits per heavy atom. The van der Waals surface area contributed by atoms with Crippen molar-refractivity contribution in [2.75, 3.05) is 7.11 Å². The predicted molar refractivity (Wildman–Crippen MR) is 126 cm³/mol. The fraction of sp³-hybridized carbons (Fsp3) is 0.192. The predicted octanol–water partition coefficient (Wildman–Crippen LogP) is 5.19. The van der Waals surface area contributed by atoms with Crippen molar-refractivity contribution in [2.45, 2.75) is 27.3 Å². The highest BCUT2D eigenvalue weighted by Gasteiger charge is 2.19. The third kappa shape index (κ3) is 4.62. The number of hydrogen-bond donors (Lipinski definition) is 0. The van der Waals surface area contributed by atoms with E-state index < -0.39 is 0 Å².